The van der Waals surface area contributed by atoms with Crippen LogP contribution in [0.4, 0.5) is 0 Å². The van der Waals surface area contributed by atoms with E-state index in [1.54, 1.807) is 0 Å². The van der Waals surface area contributed by atoms with Crippen molar-refractivity contribution in [1.82, 2.24) is 0 Å². The van der Waals surface area contributed by atoms with E-state index in [-0.39, 0.29) is 35.6 Å². The quantitative estimate of drug-likeness (QED) is 0.243. The summed E-state index contributed by atoms with van der Waals surface area (Å²) in [5, 5.41) is 0. The summed E-state index contributed by atoms with van der Waals surface area (Å²) >= 11 is 1.51. The van der Waals surface area contributed by atoms with Gasteiger partial charge < -0.3 is 24.8 Å². The number of hydrogen-bond acceptors (Lipinski definition) is 0. The molecule has 2 aliphatic rings. The number of allylic oxidation sites excluding steroid dienone is 4. The second-order valence-electron chi connectivity index (χ2n) is 15.4. The zero-order chi connectivity index (χ0) is 32.3. The number of aryl methyl sites for hydroxylation is 2. The first-order chi connectivity index (χ1) is 19.8. The zero-order valence-electron chi connectivity index (χ0n) is 30.0. The molecule has 45 heavy (non-hydrogen) atoms. The Labute approximate surface area is 303 Å². The smallest absolute Gasteiger partial charge is 0.0129 e. The minimum Gasteiger partial charge on any atom is -1.00 e. The Hall–Kier alpha value is -1.53. The Morgan fingerprint density at radius 3 is 1.78 bits per heavy atom. The predicted molar refractivity (Wildman–Crippen MR) is 186 cm³/mol. The molecule has 0 N–H and O–H groups in total. The van der Waals surface area contributed by atoms with Crippen molar-refractivity contribution in [1.29, 1.82) is 0 Å². The number of rotatable bonds is 2. The van der Waals surface area contributed by atoms with Crippen LogP contribution in [0.5, 0.6) is 0 Å². The summed E-state index contributed by atoms with van der Waals surface area (Å²) in [5.41, 5.74) is 14.7. The minimum absolute atomic E-state index is 0. The molecule has 1 unspecified atom stereocenters. The molecule has 0 amide bonds. The second kappa shape index (κ2) is 16.5. The fraction of sp³-hybridized carbons (Fsp3) is 0.452. The Balaban J connectivity index is 0.000000385. The molecule has 5 rings (SSSR count). The van der Waals surface area contributed by atoms with Gasteiger partial charge in [0.2, 0.25) is 0 Å². The summed E-state index contributed by atoms with van der Waals surface area (Å²) in [4.78, 5) is 0. The third-order valence-corrected chi connectivity index (χ3v) is 9.14. The molecule has 0 saturated carbocycles. The molecule has 0 spiro atoms. The molecule has 2 aliphatic carbocycles. The van der Waals surface area contributed by atoms with Gasteiger partial charge in [0.25, 0.3) is 0 Å². The average Bonchev–Trinajstić information content (AvgIpc) is 3.52. The first-order valence-electron chi connectivity index (χ1n) is 16.0. The molecule has 242 valence electrons. The average molecular weight is 721 g/mol. The maximum atomic E-state index is 3.69. The summed E-state index contributed by atoms with van der Waals surface area (Å²) in [6.45, 7) is 29.3. The van der Waals surface area contributed by atoms with Gasteiger partial charge in [-0.25, -0.2) is 6.08 Å². The van der Waals surface area contributed by atoms with Crippen LogP contribution in [-0.2, 0) is 41.5 Å². The van der Waals surface area contributed by atoms with Gasteiger partial charge in [0, 0.05) is 0 Å². The van der Waals surface area contributed by atoms with Crippen LogP contribution in [0.2, 0.25) is 0 Å². The Kier molecular flexibility index (Phi) is 15.2. The fourth-order valence-electron chi connectivity index (χ4n) is 5.92. The van der Waals surface area contributed by atoms with Crippen molar-refractivity contribution in [3.05, 3.63) is 117 Å². The number of benzene rings is 3. The summed E-state index contributed by atoms with van der Waals surface area (Å²) in [6, 6.07) is 21.4. The molecular formula is C42H54Cl2Zr-2. The van der Waals surface area contributed by atoms with E-state index >= 15 is 0 Å². The molecule has 0 aliphatic heterocycles. The van der Waals surface area contributed by atoms with Crippen LogP contribution in [-0.4, -0.2) is 3.21 Å². The van der Waals surface area contributed by atoms with Crippen molar-refractivity contribution in [2.45, 2.75) is 114 Å². The molecule has 0 radical (unpaired) electrons. The molecule has 3 aromatic rings. The van der Waals surface area contributed by atoms with Crippen molar-refractivity contribution in [3.8, 4) is 11.1 Å². The fourth-order valence-corrected chi connectivity index (χ4v) is 6.33. The molecule has 1 atom stereocenters. The van der Waals surface area contributed by atoms with Gasteiger partial charge in [-0.05, 0) is 35.4 Å². The monoisotopic (exact) mass is 718 g/mol. The topological polar surface area (TPSA) is 0 Å². The summed E-state index contributed by atoms with van der Waals surface area (Å²) in [5.74, 6) is 0.573. The van der Waals surface area contributed by atoms with E-state index in [2.05, 4.69) is 157 Å². The van der Waals surface area contributed by atoms with Crippen LogP contribution in [0.15, 0.2) is 66.3 Å². The molecule has 3 heteroatoms. The number of halogens is 2. The first-order valence-corrected chi connectivity index (χ1v) is 17.2. The Morgan fingerprint density at radius 1 is 0.800 bits per heavy atom. The normalized spacial score (nSPS) is 14.8. The van der Waals surface area contributed by atoms with E-state index < -0.39 is 0 Å². The van der Waals surface area contributed by atoms with Crippen LogP contribution in [0.25, 0.3) is 11.1 Å². The predicted octanol–water partition coefficient (Wildman–Crippen LogP) is 5.41. The van der Waals surface area contributed by atoms with Gasteiger partial charge in [-0.1, -0.05) is 117 Å². The second-order valence-corrected chi connectivity index (χ2v) is 17.2. The van der Waals surface area contributed by atoms with Gasteiger partial charge in [-0.2, -0.15) is 29.3 Å². The van der Waals surface area contributed by atoms with Gasteiger partial charge in [0.1, 0.15) is 0 Å². The van der Waals surface area contributed by atoms with E-state index in [9.17, 15) is 0 Å². The van der Waals surface area contributed by atoms with E-state index in [0.29, 0.717) is 11.3 Å². The van der Waals surface area contributed by atoms with Crippen LogP contribution in [0, 0.1) is 37.3 Å². The van der Waals surface area contributed by atoms with Crippen LogP contribution in [0.3, 0.4) is 0 Å². The molecule has 0 saturated heterocycles. The molecule has 0 fully saturated rings. The van der Waals surface area contributed by atoms with Crippen molar-refractivity contribution in [3.63, 3.8) is 0 Å². The van der Waals surface area contributed by atoms with E-state index in [1.807, 2.05) is 6.07 Å². The van der Waals surface area contributed by atoms with E-state index in [0.717, 1.165) is 6.42 Å². The molecule has 0 aromatic heterocycles. The largest absolute Gasteiger partial charge is 1.00 e. The number of fused-ring (bicyclic) bond motifs is 3. The zero-order valence-corrected chi connectivity index (χ0v) is 34.0. The van der Waals surface area contributed by atoms with Gasteiger partial charge in [-0.15, -0.1) is 16.7 Å². The van der Waals surface area contributed by atoms with Crippen molar-refractivity contribution in [2.24, 2.45) is 11.3 Å². The molecule has 0 bridgehead atoms. The summed E-state index contributed by atoms with van der Waals surface area (Å²) in [6.07, 6.45) is 10.0. The SMILES string of the molecule is CCC1[C-]=CC(C(C)(C)C)=C1.C[C](=[Zr+2])c1ccccc1.Cc1[c-]c2c(cc1C(C)(C)C)-c1cc(C(C)(C)C)c(C)cc1C2.[Cl-].[Cl-]. The van der Waals surface area contributed by atoms with E-state index in [4.69, 9.17) is 0 Å². The van der Waals surface area contributed by atoms with Crippen molar-refractivity contribution < 1.29 is 49.0 Å². The van der Waals surface area contributed by atoms with Gasteiger partial charge in [-0.3, -0.25) is 6.08 Å². The molecular weight excluding hydrogens is 667 g/mol. The van der Waals surface area contributed by atoms with Crippen molar-refractivity contribution in [2.75, 3.05) is 0 Å². The Morgan fingerprint density at radius 2 is 1.36 bits per heavy atom. The first kappa shape index (κ1) is 41.5. The third kappa shape index (κ3) is 11.0. The van der Waals surface area contributed by atoms with Crippen LogP contribution >= 0.6 is 0 Å². The van der Waals surface area contributed by atoms with Crippen molar-refractivity contribution >= 4 is 3.21 Å². The van der Waals surface area contributed by atoms with Gasteiger partial charge in [0.05, 0.1) is 0 Å². The maximum absolute atomic E-state index is 3.69. The van der Waals surface area contributed by atoms with E-state index in [1.165, 1.54) is 89.5 Å². The molecule has 0 heterocycles. The Bertz CT molecular complexity index is 1440. The number of hydrogen-bond donors (Lipinski definition) is 0. The van der Waals surface area contributed by atoms with Crippen LogP contribution in [0.1, 0.15) is 122 Å². The summed E-state index contributed by atoms with van der Waals surface area (Å²) < 4.78 is 1.46. The standard InChI is InChI=1S/C23H29.C11H17.C8H8.2ClH.Zr/c1-14-9-16-11-17-10-15(2)21(23(6,7)8)13-19(17)18(16)12-20(14)22(3,4)5;1-5-9-6-7-10(8-9)11(2,3)4;1-2-8-6-4-3-5-7-8;;;/h9,12-13H,11H2,1-8H3;7-9H,5H2,1-4H3;3-7H,1H3;2*1H;/q2*-1;;;;+2/p-2. The third-order valence-electron chi connectivity index (χ3n) is 8.43. The minimum atomic E-state index is 0. The van der Waals surface area contributed by atoms with Gasteiger partial charge >= 0.3 is 70.3 Å². The van der Waals surface area contributed by atoms with Crippen LogP contribution < -0.4 is 24.8 Å². The maximum Gasteiger partial charge on any atom is -0.0129 e. The summed E-state index contributed by atoms with van der Waals surface area (Å²) in [7, 11) is 0. The molecule has 3 aromatic carbocycles. The molecule has 0 nitrogen and oxygen atoms in total. The van der Waals surface area contributed by atoms with Gasteiger partial charge in [0.15, 0.2) is 0 Å².